The maximum Gasteiger partial charge on any atom is 0.240 e. The number of anilines is 1. The van der Waals surface area contributed by atoms with E-state index >= 15 is 0 Å². The molecule has 4 atom stereocenters. The summed E-state index contributed by atoms with van der Waals surface area (Å²) in [6.07, 6.45) is 0.714. The van der Waals surface area contributed by atoms with Gasteiger partial charge >= 0.3 is 0 Å². The van der Waals surface area contributed by atoms with Crippen molar-refractivity contribution in [1.82, 2.24) is 15.1 Å². The first-order chi connectivity index (χ1) is 17.0. The molecule has 3 heterocycles. The molecule has 2 aromatic carbocycles. The first-order valence-electron chi connectivity index (χ1n) is 12.6. The van der Waals surface area contributed by atoms with Gasteiger partial charge in [-0.15, -0.1) is 0 Å². The highest BCUT2D eigenvalue weighted by molar-refractivity contribution is 6.31. The van der Waals surface area contributed by atoms with Crippen molar-refractivity contribution in [2.75, 3.05) is 38.5 Å². The number of nitrogens with zero attached hydrogens (tertiary/aromatic N) is 2. The molecule has 0 bridgehead atoms. The molecule has 2 amide bonds. The number of piperazine rings is 1. The van der Waals surface area contributed by atoms with Crippen LogP contribution in [-0.2, 0) is 15.0 Å². The number of benzene rings is 2. The molecule has 2 unspecified atom stereocenters. The van der Waals surface area contributed by atoms with Crippen molar-refractivity contribution in [3.8, 4) is 0 Å². The number of carbonyl (C=O) groups is 2. The van der Waals surface area contributed by atoms with Crippen molar-refractivity contribution in [3.05, 3.63) is 63.6 Å². The predicted octanol–water partition coefficient (Wildman–Crippen LogP) is 4.52. The molecule has 3 aliphatic rings. The van der Waals surface area contributed by atoms with E-state index in [9.17, 15) is 9.59 Å². The first kappa shape index (κ1) is 25.5. The molecule has 2 aromatic rings. The maximum atomic E-state index is 14.2. The SMILES string of the molecule is CN1CCN(C(=O)C2N[C@H](CC(C)(C)C)C3(C(=O)Nc4cc(Cl)ccc43)[C@H]2c2cccc(Cl)c2)CC1. The zero-order valence-corrected chi connectivity index (χ0v) is 22.8. The van der Waals surface area contributed by atoms with Crippen molar-refractivity contribution in [1.29, 1.82) is 0 Å². The lowest BCUT2D eigenvalue weighted by molar-refractivity contribution is -0.135. The summed E-state index contributed by atoms with van der Waals surface area (Å²) in [7, 11) is 2.07. The van der Waals surface area contributed by atoms with Gasteiger partial charge < -0.3 is 20.4 Å². The van der Waals surface area contributed by atoms with Crippen molar-refractivity contribution in [2.45, 2.75) is 50.6 Å². The van der Waals surface area contributed by atoms with Gasteiger partial charge in [0.05, 0.1) is 6.04 Å². The van der Waals surface area contributed by atoms with E-state index in [0.717, 1.165) is 24.2 Å². The number of fused-ring (bicyclic) bond motifs is 2. The Morgan fingerprint density at radius 3 is 2.42 bits per heavy atom. The summed E-state index contributed by atoms with van der Waals surface area (Å²) in [6.45, 7) is 9.51. The highest BCUT2D eigenvalue weighted by atomic mass is 35.5. The monoisotopic (exact) mass is 528 g/mol. The van der Waals surface area contributed by atoms with Crippen LogP contribution in [0.25, 0.3) is 0 Å². The lowest BCUT2D eigenvalue weighted by atomic mass is 9.62. The van der Waals surface area contributed by atoms with Crippen LogP contribution in [0.3, 0.4) is 0 Å². The molecule has 6 nitrogen and oxygen atoms in total. The minimum atomic E-state index is -0.981. The van der Waals surface area contributed by atoms with Gasteiger partial charge in [-0.25, -0.2) is 0 Å². The van der Waals surface area contributed by atoms with Gasteiger partial charge in [0.2, 0.25) is 11.8 Å². The number of nitrogens with one attached hydrogen (secondary N) is 2. The van der Waals surface area contributed by atoms with Gasteiger partial charge in [0.15, 0.2) is 0 Å². The fourth-order valence-corrected chi connectivity index (χ4v) is 6.70. The normalized spacial score (nSPS) is 28.4. The van der Waals surface area contributed by atoms with Gasteiger partial charge in [-0.1, -0.05) is 62.2 Å². The summed E-state index contributed by atoms with van der Waals surface area (Å²) in [6, 6.07) is 12.4. The van der Waals surface area contributed by atoms with Crippen molar-refractivity contribution in [3.63, 3.8) is 0 Å². The Bertz CT molecular complexity index is 1190. The number of likely N-dealkylation sites (N-methyl/N-ethyl adjacent to an activating group) is 1. The van der Waals surface area contributed by atoms with Gasteiger partial charge in [-0.2, -0.15) is 0 Å². The second-order valence-electron chi connectivity index (χ2n) is 11.6. The van der Waals surface area contributed by atoms with Crippen LogP contribution < -0.4 is 10.6 Å². The van der Waals surface area contributed by atoms with Crippen LogP contribution in [0.15, 0.2) is 42.5 Å². The number of halogens is 2. The van der Waals surface area contributed by atoms with Gasteiger partial charge in [0.1, 0.15) is 5.41 Å². The highest BCUT2D eigenvalue weighted by Crippen LogP contribution is 2.57. The van der Waals surface area contributed by atoms with Crippen molar-refractivity contribution < 1.29 is 9.59 Å². The Hall–Kier alpha value is -2.12. The second-order valence-corrected chi connectivity index (χ2v) is 12.5. The molecular formula is C28H34Cl2N4O2. The van der Waals surface area contributed by atoms with Crippen LogP contribution in [0.1, 0.15) is 44.2 Å². The summed E-state index contributed by atoms with van der Waals surface area (Å²) in [4.78, 5) is 32.5. The third-order valence-electron chi connectivity index (χ3n) is 7.91. The minimum Gasteiger partial charge on any atom is -0.339 e. The summed E-state index contributed by atoms with van der Waals surface area (Å²) >= 11 is 12.8. The van der Waals surface area contributed by atoms with Gasteiger partial charge in [0.25, 0.3) is 0 Å². The largest absolute Gasteiger partial charge is 0.339 e. The maximum absolute atomic E-state index is 14.2. The Labute approximate surface area is 223 Å². The van der Waals surface area contributed by atoms with Crippen LogP contribution in [0.4, 0.5) is 5.69 Å². The minimum absolute atomic E-state index is 0.0408. The van der Waals surface area contributed by atoms with Crippen LogP contribution in [0.5, 0.6) is 0 Å². The van der Waals surface area contributed by atoms with E-state index in [0.29, 0.717) is 35.2 Å². The first-order valence-corrected chi connectivity index (χ1v) is 13.4. The van der Waals surface area contributed by atoms with E-state index < -0.39 is 17.4 Å². The number of amides is 2. The fraction of sp³-hybridized carbons (Fsp3) is 0.500. The van der Waals surface area contributed by atoms with Gasteiger partial charge in [-0.3, -0.25) is 9.59 Å². The third kappa shape index (κ3) is 4.32. The molecule has 0 aliphatic carbocycles. The van der Waals surface area contributed by atoms with Gasteiger partial charge in [0, 0.05) is 53.9 Å². The summed E-state index contributed by atoms with van der Waals surface area (Å²) in [5, 5.41) is 7.97. The molecule has 0 radical (unpaired) electrons. The molecule has 1 spiro atoms. The van der Waals surface area contributed by atoms with E-state index in [1.807, 2.05) is 47.4 Å². The molecule has 5 rings (SSSR count). The molecule has 2 saturated heterocycles. The predicted molar refractivity (Wildman–Crippen MR) is 145 cm³/mol. The quantitative estimate of drug-likeness (QED) is 0.614. The van der Waals surface area contributed by atoms with E-state index in [4.69, 9.17) is 23.2 Å². The summed E-state index contributed by atoms with van der Waals surface area (Å²) in [5.74, 6) is -0.489. The standard InChI is InChI=1S/C28H34Cl2N4O2/c1-27(2,3)16-22-28(20-9-8-19(30)15-21(20)31-26(28)36)23(17-6-5-7-18(29)14-17)24(32-22)25(35)34-12-10-33(4)11-13-34/h5-9,14-15,22-24,32H,10-13,16H2,1-4H3,(H,31,36)/t22-,23+,24?,28?/m1/s1. The van der Waals surface area contributed by atoms with E-state index in [1.54, 1.807) is 0 Å². The van der Waals surface area contributed by atoms with Gasteiger partial charge in [-0.05, 0) is 54.3 Å². The molecule has 2 fully saturated rings. The molecule has 2 N–H and O–H groups in total. The number of hydrogen-bond donors (Lipinski definition) is 2. The number of rotatable bonds is 3. The molecule has 3 aliphatic heterocycles. The van der Waals surface area contributed by atoms with Crippen LogP contribution in [0.2, 0.25) is 10.0 Å². The number of hydrogen-bond acceptors (Lipinski definition) is 4. The third-order valence-corrected chi connectivity index (χ3v) is 8.38. The molecule has 0 aromatic heterocycles. The highest BCUT2D eigenvalue weighted by Gasteiger charge is 2.66. The second kappa shape index (κ2) is 9.32. The summed E-state index contributed by atoms with van der Waals surface area (Å²) < 4.78 is 0. The van der Waals surface area contributed by atoms with Crippen molar-refractivity contribution in [2.24, 2.45) is 5.41 Å². The van der Waals surface area contributed by atoms with Crippen molar-refractivity contribution >= 4 is 40.7 Å². The summed E-state index contributed by atoms with van der Waals surface area (Å²) in [5.41, 5.74) is 1.43. The number of carbonyl (C=O) groups excluding carboxylic acids is 2. The Kier molecular flexibility index (Phi) is 6.61. The lowest BCUT2D eigenvalue weighted by Gasteiger charge is -2.38. The Morgan fingerprint density at radius 2 is 1.75 bits per heavy atom. The molecular weight excluding hydrogens is 495 g/mol. The molecule has 0 saturated carbocycles. The van der Waals surface area contributed by atoms with E-state index in [2.05, 4.69) is 43.4 Å². The smallest absolute Gasteiger partial charge is 0.240 e. The van der Waals surface area contributed by atoms with Crippen LogP contribution in [-0.4, -0.2) is 66.9 Å². The average Bonchev–Trinajstić information content (AvgIpc) is 3.27. The lowest BCUT2D eigenvalue weighted by Crippen LogP contribution is -2.53. The zero-order valence-electron chi connectivity index (χ0n) is 21.3. The Balaban J connectivity index is 1.70. The average molecular weight is 530 g/mol. The van der Waals surface area contributed by atoms with Crippen LogP contribution >= 0.6 is 23.2 Å². The fourth-order valence-electron chi connectivity index (χ4n) is 6.33. The topological polar surface area (TPSA) is 64.7 Å². The Morgan fingerprint density at radius 1 is 1.06 bits per heavy atom. The molecule has 8 heteroatoms. The van der Waals surface area contributed by atoms with Crippen LogP contribution in [0, 0.1) is 5.41 Å². The van der Waals surface area contributed by atoms with E-state index in [1.165, 1.54) is 0 Å². The molecule has 192 valence electrons. The zero-order chi connectivity index (χ0) is 25.8. The van der Waals surface area contributed by atoms with E-state index in [-0.39, 0.29) is 23.3 Å². The molecule has 36 heavy (non-hydrogen) atoms.